The molecule has 0 saturated heterocycles. The molecule has 0 fully saturated rings. The van der Waals surface area contributed by atoms with Gasteiger partial charge in [-0.05, 0) is 36.8 Å². The van der Waals surface area contributed by atoms with Gasteiger partial charge in [0.1, 0.15) is 14.1 Å². The summed E-state index contributed by atoms with van der Waals surface area (Å²) in [4.78, 5) is 0. The summed E-state index contributed by atoms with van der Waals surface area (Å²) in [6.07, 6.45) is 16.2. The average molecular weight is 303 g/mol. The van der Waals surface area contributed by atoms with Gasteiger partial charge >= 0.3 is 0 Å². The molecule has 22 heavy (non-hydrogen) atoms. The SMILES string of the molecule is C.C.C[n+]1ccc(CCCCCCc2cc[n+](C)cc2)cc1. The molecule has 2 aromatic rings. The van der Waals surface area contributed by atoms with Crippen molar-refractivity contribution >= 4 is 0 Å². The van der Waals surface area contributed by atoms with Crippen molar-refractivity contribution in [2.75, 3.05) is 0 Å². The van der Waals surface area contributed by atoms with E-state index in [-0.39, 0.29) is 14.9 Å². The predicted octanol–water partition coefficient (Wildman–Crippen LogP) is 3.95. The van der Waals surface area contributed by atoms with E-state index in [4.69, 9.17) is 0 Å². The van der Waals surface area contributed by atoms with Gasteiger partial charge in [-0.15, -0.1) is 0 Å². The van der Waals surface area contributed by atoms with Crippen LogP contribution in [0.25, 0.3) is 0 Å². The van der Waals surface area contributed by atoms with Crippen LogP contribution in [0.2, 0.25) is 0 Å². The van der Waals surface area contributed by atoms with Crippen LogP contribution in [0.3, 0.4) is 0 Å². The molecule has 0 aliphatic carbocycles. The third-order valence-electron chi connectivity index (χ3n) is 3.78. The van der Waals surface area contributed by atoms with Gasteiger partial charge in [0.2, 0.25) is 0 Å². The summed E-state index contributed by atoms with van der Waals surface area (Å²) in [7, 11) is 4.13. The number of aromatic nitrogens is 2. The molecular formula is C20H34N2+2. The number of hydrogen-bond acceptors (Lipinski definition) is 0. The van der Waals surface area contributed by atoms with E-state index in [9.17, 15) is 0 Å². The third-order valence-corrected chi connectivity index (χ3v) is 3.78. The fraction of sp³-hybridized carbons (Fsp3) is 0.500. The first-order chi connectivity index (χ1) is 9.74. The topological polar surface area (TPSA) is 7.76 Å². The van der Waals surface area contributed by atoms with Crippen LogP contribution in [0.5, 0.6) is 0 Å². The zero-order valence-corrected chi connectivity index (χ0v) is 12.8. The molecule has 0 aliphatic heterocycles. The van der Waals surface area contributed by atoms with Crippen LogP contribution in [0.15, 0.2) is 49.1 Å². The molecule has 0 unspecified atom stereocenters. The standard InChI is InChI=1S/C18H26N2.2CH4/c1-19-13-9-17(10-14-19)7-5-3-4-6-8-18-11-15-20(2)16-12-18;;/h9-16H,3-8H2,1-2H3;2*1H4/q+2;;. The summed E-state index contributed by atoms with van der Waals surface area (Å²) >= 11 is 0. The van der Waals surface area contributed by atoms with Crippen molar-refractivity contribution in [3.8, 4) is 0 Å². The fourth-order valence-electron chi connectivity index (χ4n) is 2.41. The first kappa shape index (κ1) is 20.3. The second kappa shape index (κ2) is 10.9. The molecule has 0 saturated carbocycles. The molecule has 0 bridgehead atoms. The highest BCUT2D eigenvalue weighted by Crippen LogP contribution is 2.09. The van der Waals surface area contributed by atoms with Crippen LogP contribution < -0.4 is 9.13 Å². The van der Waals surface area contributed by atoms with Gasteiger partial charge in [-0.2, -0.15) is 0 Å². The number of nitrogens with zero attached hydrogens (tertiary/aromatic N) is 2. The summed E-state index contributed by atoms with van der Waals surface area (Å²) in [5.41, 5.74) is 2.91. The molecule has 0 aromatic carbocycles. The molecule has 0 N–H and O–H groups in total. The van der Waals surface area contributed by atoms with Gasteiger partial charge in [0, 0.05) is 24.3 Å². The lowest BCUT2D eigenvalue weighted by atomic mass is 10.0. The first-order valence-corrected chi connectivity index (χ1v) is 7.62. The summed E-state index contributed by atoms with van der Waals surface area (Å²) in [5.74, 6) is 0. The van der Waals surface area contributed by atoms with Crippen molar-refractivity contribution in [2.24, 2.45) is 14.1 Å². The molecule has 2 aromatic heterocycles. The number of rotatable bonds is 7. The molecule has 2 heterocycles. The van der Waals surface area contributed by atoms with E-state index in [1.54, 1.807) is 0 Å². The summed E-state index contributed by atoms with van der Waals surface area (Å²) in [6.45, 7) is 0. The maximum absolute atomic E-state index is 2.23. The van der Waals surface area contributed by atoms with Crippen molar-refractivity contribution in [2.45, 2.75) is 53.4 Å². The monoisotopic (exact) mass is 302 g/mol. The Bertz CT molecular complexity index is 451. The lowest BCUT2D eigenvalue weighted by molar-refractivity contribution is -0.671. The van der Waals surface area contributed by atoms with E-state index < -0.39 is 0 Å². The minimum Gasteiger partial charge on any atom is -0.208 e. The number of hydrogen-bond donors (Lipinski definition) is 0. The van der Waals surface area contributed by atoms with Crippen molar-refractivity contribution in [3.63, 3.8) is 0 Å². The Balaban J connectivity index is 0.00000220. The smallest absolute Gasteiger partial charge is 0.168 e. The van der Waals surface area contributed by atoms with Gasteiger partial charge in [-0.1, -0.05) is 27.7 Å². The molecule has 0 amide bonds. The van der Waals surface area contributed by atoms with E-state index in [1.165, 1.54) is 49.7 Å². The molecule has 0 spiro atoms. The van der Waals surface area contributed by atoms with E-state index in [1.807, 2.05) is 0 Å². The minimum atomic E-state index is 0. The largest absolute Gasteiger partial charge is 0.208 e. The van der Waals surface area contributed by atoms with Crippen molar-refractivity contribution in [3.05, 3.63) is 60.2 Å². The van der Waals surface area contributed by atoms with Crippen molar-refractivity contribution in [1.82, 2.24) is 0 Å². The highest BCUT2D eigenvalue weighted by molar-refractivity contribution is 5.07. The Kier molecular flexibility index (Phi) is 10.1. The molecule has 0 radical (unpaired) electrons. The number of pyridine rings is 2. The van der Waals surface area contributed by atoms with E-state index in [0.717, 1.165) is 0 Å². The van der Waals surface area contributed by atoms with E-state index >= 15 is 0 Å². The highest BCUT2D eigenvalue weighted by atomic mass is 14.9. The lowest BCUT2D eigenvalue weighted by Crippen LogP contribution is -2.25. The Morgan fingerprint density at radius 1 is 0.591 bits per heavy atom. The van der Waals surface area contributed by atoms with Crippen LogP contribution in [-0.4, -0.2) is 0 Å². The van der Waals surface area contributed by atoms with Crippen LogP contribution >= 0.6 is 0 Å². The van der Waals surface area contributed by atoms with Gasteiger partial charge in [0.15, 0.2) is 24.8 Å². The second-order valence-electron chi connectivity index (χ2n) is 5.66. The Morgan fingerprint density at radius 2 is 0.909 bits per heavy atom. The highest BCUT2D eigenvalue weighted by Gasteiger charge is 1.98. The molecule has 2 nitrogen and oxygen atoms in total. The second-order valence-corrected chi connectivity index (χ2v) is 5.66. The average Bonchev–Trinajstić information content (AvgIpc) is 2.46. The molecule has 2 rings (SSSR count). The lowest BCUT2D eigenvalue weighted by Gasteiger charge is -2.02. The fourth-order valence-corrected chi connectivity index (χ4v) is 2.41. The van der Waals surface area contributed by atoms with Gasteiger partial charge in [0.25, 0.3) is 0 Å². The zero-order valence-electron chi connectivity index (χ0n) is 12.8. The first-order valence-electron chi connectivity index (χ1n) is 7.62. The molecule has 2 heteroatoms. The molecule has 0 atom stereocenters. The predicted molar refractivity (Wildman–Crippen MR) is 94.6 cm³/mol. The maximum atomic E-state index is 2.23. The van der Waals surface area contributed by atoms with Crippen LogP contribution in [0.4, 0.5) is 0 Å². The van der Waals surface area contributed by atoms with E-state index in [2.05, 4.69) is 72.3 Å². The molecule has 0 aliphatic rings. The van der Waals surface area contributed by atoms with Crippen LogP contribution in [0, 0.1) is 0 Å². The normalized spacial score (nSPS) is 9.73. The van der Waals surface area contributed by atoms with Gasteiger partial charge in [-0.25, -0.2) is 9.13 Å². The molecular weight excluding hydrogens is 268 g/mol. The maximum Gasteiger partial charge on any atom is 0.168 e. The Hall–Kier alpha value is -1.70. The summed E-state index contributed by atoms with van der Waals surface area (Å²) in [6, 6.07) is 8.90. The van der Waals surface area contributed by atoms with Gasteiger partial charge < -0.3 is 0 Å². The Labute approximate surface area is 137 Å². The third kappa shape index (κ3) is 7.35. The summed E-state index contributed by atoms with van der Waals surface area (Å²) in [5, 5.41) is 0. The Morgan fingerprint density at radius 3 is 1.23 bits per heavy atom. The van der Waals surface area contributed by atoms with E-state index in [0.29, 0.717) is 0 Å². The van der Waals surface area contributed by atoms with Crippen LogP contribution in [-0.2, 0) is 26.9 Å². The number of unbranched alkanes of at least 4 members (excludes halogenated alkanes) is 3. The number of aryl methyl sites for hydroxylation is 4. The molecule has 122 valence electrons. The van der Waals surface area contributed by atoms with Crippen molar-refractivity contribution in [1.29, 1.82) is 0 Å². The van der Waals surface area contributed by atoms with Gasteiger partial charge in [0.05, 0.1) is 0 Å². The minimum absolute atomic E-state index is 0. The van der Waals surface area contributed by atoms with Crippen LogP contribution in [0.1, 0.15) is 51.7 Å². The quantitative estimate of drug-likeness (QED) is 0.540. The summed E-state index contributed by atoms with van der Waals surface area (Å²) < 4.78 is 4.17. The van der Waals surface area contributed by atoms with Crippen molar-refractivity contribution < 1.29 is 9.13 Å². The zero-order chi connectivity index (χ0) is 14.2. The van der Waals surface area contributed by atoms with Gasteiger partial charge in [-0.3, -0.25) is 0 Å².